The van der Waals surface area contributed by atoms with Gasteiger partial charge in [-0.2, -0.15) is 9.50 Å². The molecule has 0 unspecified atom stereocenters. The number of para-hydroxylation sites is 1. The summed E-state index contributed by atoms with van der Waals surface area (Å²) in [5.41, 5.74) is 3.95. The van der Waals surface area contributed by atoms with Gasteiger partial charge in [-0.15, -0.1) is 5.10 Å². The van der Waals surface area contributed by atoms with Gasteiger partial charge in [0.1, 0.15) is 10.1 Å². The van der Waals surface area contributed by atoms with Crippen LogP contribution in [-0.2, 0) is 11.3 Å². The summed E-state index contributed by atoms with van der Waals surface area (Å²) in [5.74, 6) is 0.614. The van der Waals surface area contributed by atoms with Crippen molar-refractivity contribution in [2.45, 2.75) is 13.5 Å². The molecule has 6 aromatic rings. The van der Waals surface area contributed by atoms with Gasteiger partial charge in [-0.05, 0) is 48.9 Å². The molecule has 1 amide bonds. The molecule has 7 nitrogen and oxygen atoms in total. The molecule has 0 saturated heterocycles. The smallest absolute Gasteiger partial charge is 0.291 e. The molecule has 1 aliphatic rings. The molecule has 0 spiro atoms. The fourth-order valence-corrected chi connectivity index (χ4v) is 6.31. The highest BCUT2D eigenvalue weighted by atomic mass is 79.9. The number of anilines is 1. The van der Waals surface area contributed by atoms with Gasteiger partial charge in [0.2, 0.25) is 10.8 Å². The third-order valence-corrected chi connectivity index (χ3v) is 8.44. The monoisotopic (exact) mass is 602 g/mol. The summed E-state index contributed by atoms with van der Waals surface area (Å²) in [6, 6.07) is 20.7. The topological polar surface area (TPSA) is 80.7 Å². The van der Waals surface area contributed by atoms with E-state index in [9.17, 15) is 9.59 Å². The Morgan fingerprint density at radius 1 is 1.05 bits per heavy atom. The van der Waals surface area contributed by atoms with Crippen LogP contribution in [0.4, 0.5) is 5.69 Å². The molecule has 3 aromatic heterocycles. The van der Waals surface area contributed by atoms with E-state index in [0.717, 1.165) is 43.6 Å². The summed E-state index contributed by atoms with van der Waals surface area (Å²) in [5, 5.41) is 6.07. The summed E-state index contributed by atoms with van der Waals surface area (Å²) in [7, 11) is 0. The van der Waals surface area contributed by atoms with Crippen LogP contribution >= 0.6 is 38.9 Å². The predicted octanol–water partition coefficient (Wildman–Crippen LogP) is 5.75. The summed E-state index contributed by atoms with van der Waals surface area (Å²) in [6.07, 6.45) is 0. The molecular formula is C28H16BrClN4O3S. The number of halogens is 2. The zero-order valence-electron chi connectivity index (χ0n) is 19.7. The minimum atomic E-state index is -0.389. The number of aryl methyl sites for hydroxylation is 1. The predicted molar refractivity (Wildman–Crippen MR) is 152 cm³/mol. The standard InChI is InChI=1S/C28H16BrClN4O3S/c1-14-18-4-2-3-5-21(18)37-23(14)25-31-28-34(32-25)27(36)24(38-28)22-19-12-16(29)8-11-20(19)33(26(22)35)13-15-6-9-17(30)10-7-15/h2-12H,13H2,1H3/b24-22-. The van der Waals surface area contributed by atoms with Gasteiger partial charge < -0.3 is 9.32 Å². The van der Waals surface area contributed by atoms with Crippen molar-refractivity contribution < 1.29 is 9.21 Å². The number of benzene rings is 3. The number of thiazole rings is 1. The lowest BCUT2D eigenvalue weighted by Gasteiger charge is -2.17. The van der Waals surface area contributed by atoms with Crippen LogP contribution in [0.2, 0.25) is 5.02 Å². The molecule has 0 saturated carbocycles. The third kappa shape index (κ3) is 3.53. The highest BCUT2D eigenvalue weighted by Gasteiger charge is 2.35. The molecular weight excluding hydrogens is 588 g/mol. The number of amides is 1. The minimum absolute atomic E-state index is 0.247. The fraction of sp³-hybridized carbons (Fsp3) is 0.0714. The number of fused-ring (bicyclic) bond motifs is 3. The Hall–Kier alpha value is -3.79. The van der Waals surface area contributed by atoms with Crippen molar-refractivity contribution >= 4 is 72.0 Å². The second-order valence-corrected chi connectivity index (χ2v) is 11.3. The van der Waals surface area contributed by atoms with Crippen molar-refractivity contribution in [1.29, 1.82) is 0 Å². The highest BCUT2D eigenvalue weighted by Crippen LogP contribution is 2.38. The Kier molecular flexibility index (Phi) is 5.30. The zero-order chi connectivity index (χ0) is 26.1. The second kappa shape index (κ2) is 8.62. The number of carbonyl (C=O) groups excluding carboxylic acids is 1. The van der Waals surface area contributed by atoms with Gasteiger partial charge in [-0.1, -0.05) is 69.2 Å². The van der Waals surface area contributed by atoms with Crippen LogP contribution in [0.1, 0.15) is 16.7 Å². The molecule has 0 fully saturated rings. The lowest BCUT2D eigenvalue weighted by Crippen LogP contribution is -2.32. The summed E-state index contributed by atoms with van der Waals surface area (Å²) < 4.78 is 8.36. The first-order chi connectivity index (χ1) is 18.4. The Balaban J connectivity index is 1.38. The molecule has 0 radical (unpaired) electrons. The van der Waals surface area contributed by atoms with Gasteiger partial charge in [0.25, 0.3) is 11.5 Å². The summed E-state index contributed by atoms with van der Waals surface area (Å²) in [6.45, 7) is 2.29. The lowest BCUT2D eigenvalue weighted by molar-refractivity contribution is -0.113. The first-order valence-electron chi connectivity index (χ1n) is 11.7. The van der Waals surface area contributed by atoms with Gasteiger partial charge >= 0.3 is 0 Å². The summed E-state index contributed by atoms with van der Waals surface area (Å²) >= 11 is 10.7. The van der Waals surface area contributed by atoms with E-state index in [2.05, 4.69) is 26.0 Å². The highest BCUT2D eigenvalue weighted by molar-refractivity contribution is 9.10. The van der Waals surface area contributed by atoms with E-state index < -0.39 is 0 Å². The number of hydrogen-bond donors (Lipinski definition) is 0. The number of hydrogen-bond acceptors (Lipinski definition) is 6. The molecule has 0 atom stereocenters. The van der Waals surface area contributed by atoms with Crippen LogP contribution in [-0.4, -0.2) is 20.5 Å². The normalized spacial score (nSPS) is 14.7. The van der Waals surface area contributed by atoms with Crippen LogP contribution in [0.3, 0.4) is 0 Å². The van der Waals surface area contributed by atoms with E-state index >= 15 is 0 Å². The largest absolute Gasteiger partial charge is 0.452 e. The molecule has 10 heteroatoms. The van der Waals surface area contributed by atoms with Crippen LogP contribution in [0, 0.1) is 6.92 Å². The average Bonchev–Trinajstić information content (AvgIpc) is 3.62. The fourth-order valence-electron chi connectivity index (χ4n) is 4.82. The molecule has 0 aliphatic carbocycles. The average molecular weight is 604 g/mol. The number of carbonyl (C=O) groups is 1. The van der Waals surface area contributed by atoms with Gasteiger partial charge in [0.05, 0.1) is 17.8 Å². The van der Waals surface area contributed by atoms with Crippen molar-refractivity contribution in [1.82, 2.24) is 14.6 Å². The minimum Gasteiger partial charge on any atom is -0.452 e. The number of rotatable bonds is 3. The Morgan fingerprint density at radius 2 is 1.84 bits per heavy atom. The van der Waals surface area contributed by atoms with Crippen LogP contribution in [0.15, 0.2) is 80.4 Å². The maximum atomic E-state index is 13.8. The van der Waals surface area contributed by atoms with Gasteiger partial charge in [-0.25, -0.2) is 0 Å². The van der Waals surface area contributed by atoms with Gasteiger partial charge in [0, 0.05) is 26.0 Å². The SMILES string of the molecule is Cc1c(-c2nc3s/c(=C4\C(=O)N(Cc5ccc(Cl)cc5)c5ccc(Br)cc54)c(=O)n3n2)oc2ccccc12. The molecule has 38 heavy (non-hydrogen) atoms. The van der Waals surface area contributed by atoms with Crippen molar-refractivity contribution in [3.63, 3.8) is 0 Å². The first-order valence-corrected chi connectivity index (χ1v) is 13.7. The van der Waals surface area contributed by atoms with E-state index in [-0.39, 0.29) is 11.5 Å². The van der Waals surface area contributed by atoms with E-state index in [1.54, 1.807) is 17.0 Å². The van der Waals surface area contributed by atoms with Crippen molar-refractivity contribution in [3.05, 3.63) is 108 Å². The van der Waals surface area contributed by atoms with Crippen LogP contribution in [0.25, 0.3) is 33.1 Å². The molecule has 4 heterocycles. The summed E-state index contributed by atoms with van der Waals surface area (Å²) in [4.78, 5) is 34.0. The Bertz CT molecular complexity index is 2040. The Morgan fingerprint density at radius 3 is 2.61 bits per heavy atom. The maximum absolute atomic E-state index is 13.8. The van der Waals surface area contributed by atoms with Crippen molar-refractivity contribution in [2.24, 2.45) is 0 Å². The van der Waals surface area contributed by atoms with E-state index in [1.165, 1.54) is 4.52 Å². The van der Waals surface area contributed by atoms with Gasteiger partial charge in [-0.3, -0.25) is 9.59 Å². The number of aromatic nitrogens is 3. The molecule has 7 rings (SSSR count). The molecule has 3 aromatic carbocycles. The van der Waals surface area contributed by atoms with Crippen molar-refractivity contribution in [3.8, 4) is 11.6 Å². The van der Waals surface area contributed by atoms with Crippen LogP contribution < -0.4 is 15.0 Å². The Labute approximate surface area is 232 Å². The lowest BCUT2D eigenvalue weighted by atomic mass is 10.1. The first kappa shape index (κ1) is 23.3. The van der Waals surface area contributed by atoms with Crippen molar-refractivity contribution in [2.75, 3.05) is 4.90 Å². The van der Waals surface area contributed by atoms with E-state index in [1.807, 2.05) is 61.5 Å². The molecule has 0 bridgehead atoms. The van der Waals surface area contributed by atoms with E-state index in [0.29, 0.717) is 43.8 Å². The molecule has 186 valence electrons. The quantitative estimate of drug-likeness (QED) is 0.257. The molecule has 0 N–H and O–H groups in total. The number of nitrogens with zero attached hydrogens (tertiary/aromatic N) is 4. The second-order valence-electron chi connectivity index (χ2n) is 8.97. The third-order valence-electron chi connectivity index (χ3n) is 6.66. The molecule has 1 aliphatic heterocycles. The zero-order valence-corrected chi connectivity index (χ0v) is 22.9. The van der Waals surface area contributed by atoms with E-state index in [4.69, 9.17) is 16.0 Å². The van der Waals surface area contributed by atoms with Gasteiger partial charge in [0.15, 0.2) is 5.76 Å². The maximum Gasteiger partial charge on any atom is 0.291 e. The van der Waals surface area contributed by atoms with Crippen LogP contribution in [0.5, 0.6) is 0 Å². The number of furan rings is 1.